The molecule has 0 saturated carbocycles. The monoisotopic (exact) mass is 271 g/mol. The zero-order valence-corrected chi connectivity index (χ0v) is 11.1. The van der Waals surface area contributed by atoms with Crippen LogP contribution < -0.4 is 0 Å². The van der Waals surface area contributed by atoms with Crippen molar-refractivity contribution < 1.29 is 0 Å². The first-order valence-corrected chi connectivity index (χ1v) is 6.49. The SMILES string of the molecule is [Ba]=[CH]CCCc1ccncc1. The maximum absolute atomic E-state index is 3.98. The molecule has 0 aliphatic rings. The molecule has 0 N–H and O–H groups in total. The van der Waals surface area contributed by atoms with E-state index in [9.17, 15) is 0 Å². The van der Waals surface area contributed by atoms with Crippen LogP contribution in [0.5, 0.6) is 0 Å². The van der Waals surface area contributed by atoms with Crippen molar-refractivity contribution in [2.75, 3.05) is 0 Å². The van der Waals surface area contributed by atoms with Gasteiger partial charge in [0.15, 0.2) is 0 Å². The number of aryl methyl sites for hydroxylation is 1. The normalized spacial score (nSPS) is 9.64. The average molecular weight is 271 g/mol. The van der Waals surface area contributed by atoms with Gasteiger partial charge < -0.3 is 0 Å². The molecule has 0 amide bonds. The van der Waals surface area contributed by atoms with Crippen molar-refractivity contribution in [3.63, 3.8) is 0 Å². The molecule has 1 nitrogen and oxygen atoms in total. The average Bonchev–Trinajstić information content (AvgIpc) is 2.07. The Morgan fingerprint density at radius 1 is 1.36 bits per heavy atom. The second kappa shape index (κ2) is 6.15. The van der Waals surface area contributed by atoms with Gasteiger partial charge in [0, 0.05) is 0 Å². The van der Waals surface area contributed by atoms with E-state index in [2.05, 4.69) is 17.6 Å². The molecule has 1 rings (SSSR count). The minimum atomic E-state index is 0.878. The van der Waals surface area contributed by atoms with E-state index >= 15 is 0 Å². The Morgan fingerprint density at radius 2 is 2.09 bits per heavy atom. The van der Waals surface area contributed by atoms with Crippen LogP contribution in [-0.2, 0) is 6.42 Å². The van der Waals surface area contributed by atoms with Crippen LogP contribution in [0.3, 0.4) is 0 Å². The van der Waals surface area contributed by atoms with E-state index in [1.54, 1.807) is 0 Å². The minimum absolute atomic E-state index is 0.878. The van der Waals surface area contributed by atoms with E-state index < -0.39 is 0 Å². The Balaban J connectivity index is 2.33. The van der Waals surface area contributed by atoms with Crippen LogP contribution in [0, 0.1) is 0 Å². The third-order valence-corrected chi connectivity index (χ3v) is 2.90. The number of nitrogens with zero attached hydrogens (tertiary/aromatic N) is 1. The maximum atomic E-state index is 3.98. The Bertz CT molecular complexity index is 208. The van der Waals surface area contributed by atoms with Crippen LogP contribution in [0.2, 0.25) is 0 Å². The third-order valence-electron chi connectivity index (χ3n) is 1.62. The van der Waals surface area contributed by atoms with Crippen molar-refractivity contribution in [2.24, 2.45) is 0 Å². The molecule has 0 aromatic carbocycles. The summed E-state index contributed by atoms with van der Waals surface area (Å²) in [5.41, 5.74) is 1.41. The van der Waals surface area contributed by atoms with E-state index in [1.807, 2.05) is 12.4 Å². The molecule has 0 radical (unpaired) electrons. The molecule has 0 aliphatic carbocycles. The first-order chi connectivity index (χ1) is 5.43. The number of hydrogen-bond donors (Lipinski definition) is 0. The fourth-order valence-corrected chi connectivity index (χ4v) is 1.91. The molecule has 0 saturated heterocycles. The standard InChI is InChI=1S/C9H11N.Ba/c1-2-3-4-9-5-7-10-8-6-9;/h1,5-8H,2-4H2;. The van der Waals surface area contributed by atoms with Crippen molar-refractivity contribution in [3.8, 4) is 0 Å². The van der Waals surface area contributed by atoms with Crippen molar-refractivity contribution in [1.82, 2.24) is 4.98 Å². The van der Waals surface area contributed by atoms with Gasteiger partial charge in [-0.1, -0.05) is 0 Å². The molecule has 54 valence electrons. The van der Waals surface area contributed by atoms with Crippen LogP contribution in [0.1, 0.15) is 18.4 Å². The van der Waals surface area contributed by atoms with Crippen LogP contribution in [0.4, 0.5) is 0 Å². The molecule has 11 heavy (non-hydrogen) atoms. The molecule has 0 fully saturated rings. The fraction of sp³-hybridized carbons (Fsp3) is 0.333. The predicted molar refractivity (Wildman–Crippen MR) is 49.0 cm³/mol. The van der Waals surface area contributed by atoms with Gasteiger partial charge in [-0.05, 0) is 0 Å². The van der Waals surface area contributed by atoms with E-state index in [0.717, 1.165) is 46.0 Å². The summed E-state index contributed by atoms with van der Waals surface area (Å²) in [7, 11) is 0. The Labute approximate surface area is 99.3 Å². The van der Waals surface area contributed by atoms with Gasteiger partial charge >= 0.3 is 101 Å². The first-order valence-electron chi connectivity index (χ1n) is 3.93. The molecule has 0 aliphatic heterocycles. The van der Waals surface area contributed by atoms with E-state index in [4.69, 9.17) is 0 Å². The van der Waals surface area contributed by atoms with Gasteiger partial charge in [-0.3, -0.25) is 0 Å². The summed E-state index contributed by atoms with van der Waals surface area (Å²) in [6, 6.07) is 4.19. The number of unbranched alkanes of at least 4 members (excludes halogenated alkanes) is 1. The van der Waals surface area contributed by atoms with Crippen molar-refractivity contribution in [3.05, 3.63) is 30.1 Å². The second-order valence-electron chi connectivity index (χ2n) is 2.54. The van der Waals surface area contributed by atoms with Crippen LogP contribution in [-0.4, -0.2) is 51.4 Å². The summed E-state index contributed by atoms with van der Waals surface area (Å²) in [5, 5.41) is 0. The molecule has 0 spiro atoms. The molecule has 0 unspecified atom stereocenters. The molecule has 0 bridgehead atoms. The number of hydrogen-bond acceptors (Lipinski definition) is 1. The topological polar surface area (TPSA) is 12.9 Å². The van der Waals surface area contributed by atoms with E-state index in [-0.39, 0.29) is 0 Å². The van der Waals surface area contributed by atoms with Crippen molar-refractivity contribution in [1.29, 1.82) is 0 Å². The van der Waals surface area contributed by atoms with Crippen LogP contribution in [0.15, 0.2) is 24.5 Å². The Kier molecular flexibility index (Phi) is 5.41. The van der Waals surface area contributed by atoms with Gasteiger partial charge in [0.05, 0.1) is 0 Å². The molecular formula is C9H11BaN. The number of pyridine rings is 1. The number of rotatable bonds is 4. The zero-order chi connectivity index (χ0) is 7.94. The predicted octanol–water partition coefficient (Wildman–Crippen LogP) is 1.38. The van der Waals surface area contributed by atoms with Crippen LogP contribution in [0.25, 0.3) is 0 Å². The summed E-state index contributed by atoms with van der Waals surface area (Å²) < 4.78 is 2.40. The van der Waals surface area contributed by atoms with Gasteiger partial charge in [0.2, 0.25) is 0 Å². The summed E-state index contributed by atoms with van der Waals surface area (Å²) >= 11 is 0.878. The Hall–Kier alpha value is 0.591. The van der Waals surface area contributed by atoms with Gasteiger partial charge in [-0.15, -0.1) is 0 Å². The van der Waals surface area contributed by atoms with Gasteiger partial charge in [0.1, 0.15) is 0 Å². The quantitative estimate of drug-likeness (QED) is 0.595. The molecule has 2 heteroatoms. The second-order valence-corrected chi connectivity index (χ2v) is 4.35. The van der Waals surface area contributed by atoms with Gasteiger partial charge in [0.25, 0.3) is 0 Å². The number of aromatic nitrogens is 1. The summed E-state index contributed by atoms with van der Waals surface area (Å²) in [4.78, 5) is 3.98. The summed E-state index contributed by atoms with van der Waals surface area (Å²) in [6.45, 7) is 0. The molecule has 0 atom stereocenters. The van der Waals surface area contributed by atoms with Gasteiger partial charge in [-0.25, -0.2) is 0 Å². The van der Waals surface area contributed by atoms with Crippen molar-refractivity contribution >= 4 is 46.4 Å². The van der Waals surface area contributed by atoms with E-state index in [0.29, 0.717) is 0 Å². The van der Waals surface area contributed by atoms with Crippen LogP contribution >= 0.6 is 0 Å². The summed E-state index contributed by atoms with van der Waals surface area (Å²) in [6.07, 6.45) is 7.53. The van der Waals surface area contributed by atoms with E-state index in [1.165, 1.54) is 24.8 Å². The Morgan fingerprint density at radius 3 is 2.73 bits per heavy atom. The van der Waals surface area contributed by atoms with Gasteiger partial charge in [-0.2, -0.15) is 0 Å². The summed E-state index contributed by atoms with van der Waals surface area (Å²) in [5.74, 6) is 0. The fourth-order valence-electron chi connectivity index (χ4n) is 1.000. The molecule has 1 heterocycles. The molecule has 1 aromatic rings. The zero-order valence-electron chi connectivity index (χ0n) is 6.66. The molecular weight excluding hydrogens is 259 g/mol. The first kappa shape index (κ1) is 9.68. The third kappa shape index (κ3) is 4.23. The van der Waals surface area contributed by atoms with Crippen molar-refractivity contribution in [2.45, 2.75) is 19.3 Å². The molecule has 1 aromatic heterocycles.